The minimum atomic E-state index is 0.761. The van der Waals surface area contributed by atoms with Crippen molar-refractivity contribution in [2.75, 3.05) is 6.54 Å². The van der Waals surface area contributed by atoms with Gasteiger partial charge in [0, 0.05) is 6.04 Å². The highest BCUT2D eigenvalue weighted by molar-refractivity contribution is 4.63. The van der Waals surface area contributed by atoms with Crippen molar-refractivity contribution in [3.05, 3.63) is 0 Å². The van der Waals surface area contributed by atoms with Gasteiger partial charge in [-0.25, -0.2) is 0 Å². The van der Waals surface area contributed by atoms with Gasteiger partial charge in [-0.15, -0.1) is 0 Å². The second kappa shape index (κ2) is 8.55. The maximum absolute atomic E-state index is 3.52. The molecule has 1 unspecified atom stereocenters. The van der Waals surface area contributed by atoms with E-state index in [4.69, 9.17) is 0 Å². The molecule has 0 aromatic carbocycles. The molecule has 1 heteroatoms. The second-order valence-electron chi connectivity index (χ2n) is 4.34. The summed E-state index contributed by atoms with van der Waals surface area (Å²) >= 11 is 0. The molecule has 0 aliphatic carbocycles. The van der Waals surface area contributed by atoms with E-state index in [2.05, 4.69) is 33.0 Å². The summed E-state index contributed by atoms with van der Waals surface area (Å²) < 4.78 is 0. The fourth-order valence-corrected chi connectivity index (χ4v) is 1.68. The normalized spacial score (nSPS) is 13.6. The van der Waals surface area contributed by atoms with Crippen LogP contribution >= 0.6 is 0 Å². The van der Waals surface area contributed by atoms with Crippen molar-refractivity contribution in [3.63, 3.8) is 0 Å². The topological polar surface area (TPSA) is 12.0 Å². The average Bonchev–Trinajstić information content (AvgIpc) is 2.10. The van der Waals surface area contributed by atoms with Crippen LogP contribution in [0.4, 0.5) is 0 Å². The van der Waals surface area contributed by atoms with E-state index in [9.17, 15) is 0 Å². The van der Waals surface area contributed by atoms with Gasteiger partial charge in [0.2, 0.25) is 0 Å². The van der Waals surface area contributed by atoms with Crippen LogP contribution in [0.3, 0.4) is 0 Å². The number of hydrogen-bond donors (Lipinski definition) is 1. The van der Waals surface area contributed by atoms with Gasteiger partial charge in [0.25, 0.3) is 0 Å². The second-order valence-corrected chi connectivity index (χ2v) is 4.34. The van der Waals surface area contributed by atoms with E-state index in [1.54, 1.807) is 0 Å². The Balaban J connectivity index is 3.27. The van der Waals surface area contributed by atoms with E-state index < -0.39 is 0 Å². The predicted octanol–water partition coefficient (Wildman–Crippen LogP) is 3.59. The molecule has 0 fully saturated rings. The minimum absolute atomic E-state index is 0.761. The van der Waals surface area contributed by atoms with Crippen LogP contribution in [0, 0.1) is 5.92 Å². The molecule has 0 radical (unpaired) electrons. The Morgan fingerprint density at radius 2 is 1.62 bits per heavy atom. The zero-order valence-electron chi connectivity index (χ0n) is 9.90. The Kier molecular flexibility index (Phi) is 8.53. The van der Waals surface area contributed by atoms with Crippen LogP contribution in [0.5, 0.6) is 0 Å². The van der Waals surface area contributed by atoms with Gasteiger partial charge in [0.1, 0.15) is 0 Å². The molecule has 0 aliphatic heterocycles. The van der Waals surface area contributed by atoms with Gasteiger partial charge in [0.15, 0.2) is 0 Å². The fraction of sp³-hybridized carbons (Fsp3) is 1.00. The zero-order valence-corrected chi connectivity index (χ0v) is 9.90. The van der Waals surface area contributed by atoms with Crippen molar-refractivity contribution in [3.8, 4) is 0 Å². The molecule has 80 valence electrons. The SMILES string of the molecule is CCNC(CC)CCCCC(C)C. The first kappa shape index (κ1) is 13.0. The number of rotatable bonds is 8. The van der Waals surface area contributed by atoms with E-state index in [-0.39, 0.29) is 0 Å². The van der Waals surface area contributed by atoms with Crippen molar-refractivity contribution < 1.29 is 0 Å². The summed E-state index contributed by atoms with van der Waals surface area (Å²) in [5.41, 5.74) is 0. The van der Waals surface area contributed by atoms with Gasteiger partial charge in [-0.05, 0) is 25.3 Å². The molecular formula is C12H27N. The molecular weight excluding hydrogens is 158 g/mol. The third-order valence-electron chi connectivity index (χ3n) is 2.57. The average molecular weight is 185 g/mol. The molecule has 0 amide bonds. The van der Waals surface area contributed by atoms with E-state index in [0.717, 1.165) is 18.5 Å². The van der Waals surface area contributed by atoms with Gasteiger partial charge < -0.3 is 5.32 Å². The molecule has 0 aromatic heterocycles. The molecule has 1 nitrogen and oxygen atoms in total. The highest BCUT2D eigenvalue weighted by Gasteiger charge is 2.03. The lowest BCUT2D eigenvalue weighted by Crippen LogP contribution is -2.27. The van der Waals surface area contributed by atoms with Crippen molar-refractivity contribution >= 4 is 0 Å². The number of unbranched alkanes of at least 4 members (excludes halogenated alkanes) is 1. The van der Waals surface area contributed by atoms with Gasteiger partial charge in [-0.2, -0.15) is 0 Å². The Bertz CT molecular complexity index is 99.3. The number of hydrogen-bond acceptors (Lipinski definition) is 1. The van der Waals surface area contributed by atoms with Crippen LogP contribution in [0.25, 0.3) is 0 Å². The van der Waals surface area contributed by atoms with Gasteiger partial charge in [0.05, 0.1) is 0 Å². The molecule has 1 atom stereocenters. The molecule has 0 saturated carbocycles. The molecule has 0 rings (SSSR count). The van der Waals surface area contributed by atoms with Crippen LogP contribution in [0.1, 0.15) is 59.8 Å². The summed E-state index contributed by atoms with van der Waals surface area (Å²) in [6.07, 6.45) is 6.82. The standard InChI is InChI=1S/C12H27N/c1-5-12(13-6-2)10-8-7-9-11(3)4/h11-13H,5-10H2,1-4H3. The van der Waals surface area contributed by atoms with Crippen LogP contribution in [0.2, 0.25) is 0 Å². The zero-order chi connectivity index (χ0) is 10.1. The lowest BCUT2D eigenvalue weighted by Gasteiger charge is -2.15. The van der Waals surface area contributed by atoms with E-state index in [1.165, 1.54) is 32.1 Å². The maximum Gasteiger partial charge on any atom is 0.00643 e. The summed E-state index contributed by atoms with van der Waals surface area (Å²) in [5, 5.41) is 3.52. The van der Waals surface area contributed by atoms with E-state index >= 15 is 0 Å². The summed E-state index contributed by atoms with van der Waals surface area (Å²) in [4.78, 5) is 0. The Hall–Kier alpha value is -0.0400. The van der Waals surface area contributed by atoms with Crippen LogP contribution in [0.15, 0.2) is 0 Å². The van der Waals surface area contributed by atoms with Crippen molar-refractivity contribution in [1.29, 1.82) is 0 Å². The minimum Gasteiger partial charge on any atom is -0.314 e. The first-order valence-electron chi connectivity index (χ1n) is 5.94. The summed E-state index contributed by atoms with van der Waals surface area (Å²) in [6, 6.07) is 0.761. The fourth-order valence-electron chi connectivity index (χ4n) is 1.68. The quantitative estimate of drug-likeness (QED) is 0.570. The van der Waals surface area contributed by atoms with Gasteiger partial charge >= 0.3 is 0 Å². The summed E-state index contributed by atoms with van der Waals surface area (Å²) in [5.74, 6) is 0.874. The van der Waals surface area contributed by atoms with Crippen LogP contribution in [-0.2, 0) is 0 Å². The predicted molar refractivity (Wildman–Crippen MR) is 61.1 cm³/mol. The van der Waals surface area contributed by atoms with Crippen molar-refractivity contribution in [2.24, 2.45) is 5.92 Å². The highest BCUT2D eigenvalue weighted by atomic mass is 14.9. The molecule has 0 aliphatic rings. The smallest absolute Gasteiger partial charge is 0.00643 e. The number of nitrogens with one attached hydrogen (secondary N) is 1. The molecule has 0 heterocycles. The lowest BCUT2D eigenvalue weighted by molar-refractivity contribution is 0.440. The van der Waals surface area contributed by atoms with Gasteiger partial charge in [-0.1, -0.05) is 47.0 Å². The summed E-state index contributed by atoms with van der Waals surface area (Å²) in [6.45, 7) is 10.2. The first-order valence-corrected chi connectivity index (χ1v) is 5.94. The Labute approximate surface area is 84.3 Å². The van der Waals surface area contributed by atoms with Crippen molar-refractivity contribution in [2.45, 2.75) is 65.8 Å². The van der Waals surface area contributed by atoms with Crippen molar-refractivity contribution in [1.82, 2.24) is 5.32 Å². The molecule has 1 N–H and O–H groups in total. The van der Waals surface area contributed by atoms with Crippen LogP contribution in [-0.4, -0.2) is 12.6 Å². The third-order valence-corrected chi connectivity index (χ3v) is 2.57. The van der Waals surface area contributed by atoms with Gasteiger partial charge in [-0.3, -0.25) is 0 Å². The van der Waals surface area contributed by atoms with E-state index in [1.807, 2.05) is 0 Å². The molecule has 0 bridgehead atoms. The molecule has 0 saturated heterocycles. The van der Waals surface area contributed by atoms with E-state index in [0.29, 0.717) is 0 Å². The first-order chi connectivity index (χ1) is 6.20. The summed E-state index contributed by atoms with van der Waals surface area (Å²) in [7, 11) is 0. The largest absolute Gasteiger partial charge is 0.314 e. The third kappa shape index (κ3) is 8.29. The lowest BCUT2D eigenvalue weighted by atomic mass is 10.0. The maximum atomic E-state index is 3.52. The van der Waals surface area contributed by atoms with Crippen LogP contribution < -0.4 is 5.32 Å². The Morgan fingerprint density at radius 3 is 2.08 bits per heavy atom. The molecule has 0 spiro atoms. The monoisotopic (exact) mass is 185 g/mol. The Morgan fingerprint density at radius 1 is 1.00 bits per heavy atom. The molecule has 13 heavy (non-hydrogen) atoms. The highest BCUT2D eigenvalue weighted by Crippen LogP contribution is 2.10. The molecule has 0 aromatic rings.